The highest BCUT2D eigenvalue weighted by atomic mass is 16.5. The second-order valence-electron chi connectivity index (χ2n) is 4.53. The van der Waals surface area contributed by atoms with Crippen molar-refractivity contribution in [2.24, 2.45) is 0 Å². The first-order valence-electron chi connectivity index (χ1n) is 6.26. The molecular weight excluding hydrogens is 242 g/mol. The number of hydrogen-bond donors (Lipinski definition) is 1. The molecule has 0 saturated heterocycles. The van der Waals surface area contributed by atoms with Crippen molar-refractivity contribution in [1.82, 2.24) is 4.98 Å². The van der Waals surface area contributed by atoms with Crippen molar-refractivity contribution in [2.45, 2.75) is 6.42 Å². The van der Waals surface area contributed by atoms with Crippen LogP contribution < -0.4 is 0 Å². The Hall–Kier alpha value is -2.07. The quantitative estimate of drug-likeness (QED) is 0.842. The number of H-pyrrole nitrogens is 1. The molecule has 0 radical (unpaired) electrons. The summed E-state index contributed by atoms with van der Waals surface area (Å²) in [7, 11) is 1.38. The summed E-state index contributed by atoms with van der Waals surface area (Å²) < 4.78 is 10.0. The van der Waals surface area contributed by atoms with Gasteiger partial charge in [-0.3, -0.25) is 0 Å². The van der Waals surface area contributed by atoms with Crippen LogP contribution in [0.5, 0.6) is 0 Å². The highest BCUT2D eigenvalue weighted by molar-refractivity contribution is 5.95. The van der Waals surface area contributed by atoms with E-state index in [1.807, 2.05) is 12.1 Å². The first kappa shape index (κ1) is 12.0. The summed E-state index contributed by atoms with van der Waals surface area (Å²) in [6.07, 6.45) is 3.03. The Labute approximate surface area is 111 Å². The summed E-state index contributed by atoms with van der Waals surface area (Å²) >= 11 is 0. The number of rotatable bonds is 2. The number of carbonyl (C=O) groups excluding carboxylic acids is 1. The molecule has 0 amide bonds. The van der Waals surface area contributed by atoms with Gasteiger partial charge in [0.25, 0.3) is 0 Å². The number of benzene rings is 1. The lowest BCUT2D eigenvalue weighted by molar-refractivity contribution is 0.0595. The largest absolute Gasteiger partial charge is 0.464 e. The monoisotopic (exact) mass is 257 g/mol. The van der Waals surface area contributed by atoms with E-state index >= 15 is 0 Å². The van der Waals surface area contributed by atoms with Crippen LogP contribution in [0, 0.1) is 0 Å². The van der Waals surface area contributed by atoms with Gasteiger partial charge in [-0.05, 0) is 29.7 Å². The SMILES string of the molecule is COC(=O)c1cc2ccc(C3=CCOCC3)cc2[nH]1. The van der Waals surface area contributed by atoms with E-state index < -0.39 is 0 Å². The maximum absolute atomic E-state index is 11.5. The fraction of sp³-hybridized carbons (Fsp3) is 0.267. The molecule has 0 spiro atoms. The molecule has 1 aliphatic heterocycles. The number of aromatic nitrogens is 1. The van der Waals surface area contributed by atoms with Gasteiger partial charge < -0.3 is 14.5 Å². The summed E-state index contributed by atoms with van der Waals surface area (Å²) in [5, 5.41) is 1.01. The third-order valence-electron chi connectivity index (χ3n) is 3.36. The van der Waals surface area contributed by atoms with Gasteiger partial charge in [-0.15, -0.1) is 0 Å². The molecule has 4 heteroatoms. The van der Waals surface area contributed by atoms with Crippen molar-refractivity contribution in [3.8, 4) is 0 Å². The minimum atomic E-state index is -0.344. The average Bonchev–Trinajstić information content (AvgIpc) is 2.90. The number of carbonyl (C=O) groups is 1. The van der Waals surface area contributed by atoms with E-state index in [1.54, 1.807) is 0 Å². The average molecular weight is 257 g/mol. The first-order valence-corrected chi connectivity index (χ1v) is 6.26. The molecule has 0 bridgehead atoms. The molecule has 0 saturated carbocycles. The maximum Gasteiger partial charge on any atom is 0.354 e. The summed E-state index contributed by atoms with van der Waals surface area (Å²) in [4.78, 5) is 14.6. The highest BCUT2D eigenvalue weighted by Gasteiger charge is 2.11. The number of aromatic amines is 1. The van der Waals surface area contributed by atoms with E-state index in [-0.39, 0.29) is 5.97 Å². The Kier molecular flexibility index (Phi) is 3.09. The minimum Gasteiger partial charge on any atom is -0.464 e. The Bertz CT molecular complexity index is 654. The van der Waals surface area contributed by atoms with Gasteiger partial charge in [0.2, 0.25) is 0 Å². The van der Waals surface area contributed by atoms with Crippen molar-refractivity contribution < 1.29 is 14.3 Å². The van der Waals surface area contributed by atoms with E-state index in [4.69, 9.17) is 9.47 Å². The lowest BCUT2D eigenvalue weighted by atomic mass is 10.0. The standard InChI is InChI=1S/C15H15NO3/c1-18-15(17)14-9-12-3-2-11(8-13(12)16-14)10-4-6-19-7-5-10/h2-4,8-9,16H,5-7H2,1H3. The van der Waals surface area contributed by atoms with Crippen LogP contribution >= 0.6 is 0 Å². The molecule has 3 rings (SSSR count). The van der Waals surface area contributed by atoms with Gasteiger partial charge in [-0.25, -0.2) is 4.79 Å². The molecule has 1 N–H and O–H groups in total. The lowest BCUT2D eigenvalue weighted by Crippen LogP contribution is -2.03. The molecule has 0 atom stereocenters. The van der Waals surface area contributed by atoms with Gasteiger partial charge in [-0.2, -0.15) is 0 Å². The van der Waals surface area contributed by atoms with E-state index in [2.05, 4.69) is 23.2 Å². The van der Waals surface area contributed by atoms with Crippen molar-refractivity contribution >= 4 is 22.4 Å². The van der Waals surface area contributed by atoms with Crippen LogP contribution in [0.2, 0.25) is 0 Å². The Morgan fingerprint density at radius 1 is 1.37 bits per heavy atom. The molecule has 0 aliphatic carbocycles. The van der Waals surface area contributed by atoms with E-state index in [1.165, 1.54) is 18.2 Å². The topological polar surface area (TPSA) is 51.3 Å². The Morgan fingerprint density at radius 3 is 3.00 bits per heavy atom. The number of ether oxygens (including phenoxy) is 2. The van der Waals surface area contributed by atoms with Crippen LogP contribution in [0.1, 0.15) is 22.5 Å². The minimum absolute atomic E-state index is 0.344. The van der Waals surface area contributed by atoms with Crippen LogP contribution in [-0.2, 0) is 9.47 Å². The third-order valence-corrected chi connectivity index (χ3v) is 3.36. The van der Waals surface area contributed by atoms with Gasteiger partial charge in [0, 0.05) is 10.9 Å². The number of fused-ring (bicyclic) bond motifs is 1. The van der Waals surface area contributed by atoms with Crippen molar-refractivity contribution in [2.75, 3.05) is 20.3 Å². The normalized spacial score (nSPS) is 15.3. The number of esters is 1. The summed E-state index contributed by atoms with van der Waals surface area (Å²) in [6, 6.07) is 7.97. The maximum atomic E-state index is 11.5. The third kappa shape index (κ3) is 2.27. The van der Waals surface area contributed by atoms with Gasteiger partial charge in [0.05, 0.1) is 20.3 Å². The molecule has 1 aromatic heterocycles. The zero-order chi connectivity index (χ0) is 13.2. The number of methoxy groups -OCH3 is 1. The predicted octanol–water partition coefficient (Wildman–Crippen LogP) is 2.76. The second kappa shape index (κ2) is 4.90. The number of hydrogen-bond acceptors (Lipinski definition) is 3. The van der Waals surface area contributed by atoms with Crippen molar-refractivity contribution in [3.63, 3.8) is 0 Å². The zero-order valence-electron chi connectivity index (χ0n) is 10.7. The van der Waals surface area contributed by atoms with Crippen LogP contribution in [0.3, 0.4) is 0 Å². The zero-order valence-corrected chi connectivity index (χ0v) is 10.7. The van der Waals surface area contributed by atoms with E-state index in [0.717, 1.165) is 23.9 Å². The fourth-order valence-electron chi connectivity index (χ4n) is 2.34. The Balaban J connectivity index is 2.00. The molecule has 1 aromatic carbocycles. The molecular formula is C15H15NO3. The first-order chi connectivity index (χ1) is 9.28. The van der Waals surface area contributed by atoms with Crippen LogP contribution in [0.25, 0.3) is 16.5 Å². The second-order valence-corrected chi connectivity index (χ2v) is 4.53. The van der Waals surface area contributed by atoms with Gasteiger partial charge in [-0.1, -0.05) is 18.2 Å². The number of nitrogens with one attached hydrogen (secondary N) is 1. The van der Waals surface area contributed by atoms with Crippen LogP contribution in [0.15, 0.2) is 30.3 Å². The van der Waals surface area contributed by atoms with E-state index in [0.29, 0.717) is 12.3 Å². The van der Waals surface area contributed by atoms with Crippen molar-refractivity contribution in [3.05, 3.63) is 41.6 Å². The van der Waals surface area contributed by atoms with Gasteiger partial charge >= 0.3 is 5.97 Å². The lowest BCUT2D eigenvalue weighted by Gasteiger charge is -2.13. The molecule has 1 aliphatic rings. The molecule has 0 unspecified atom stereocenters. The molecule has 4 nitrogen and oxygen atoms in total. The molecule has 0 fully saturated rings. The van der Waals surface area contributed by atoms with Gasteiger partial charge in [0.15, 0.2) is 0 Å². The highest BCUT2D eigenvalue weighted by Crippen LogP contribution is 2.25. The molecule has 2 heterocycles. The van der Waals surface area contributed by atoms with Crippen LogP contribution in [-0.4, -0.2) is 31.3 Å². The molecule has 98 valence electrons. The summed E-state index contributed by atoms with van der Waals surface area (Å²) in [5.74, 6) is -0.344. The fourth-order valence-corrected chi connectivity index (χ4v) is 2.34. The van der Waals surface area contributed by atoms with Crippen molar-refractivity contribution in [1.29, 1.82) is 0 Å². The molecule has 19 heavy (non-hydrogen) atoms. The summed E-state index contributed by atoms with van der Waals surface area (Å²) in [5.41, 5.74) is 3.90. The summed E-state index contributed by atoms with van der Waals surface area (Å²) in [6.45, 7) is 1.44. The van der Waals surface area contributed by atoms with Gasteiger partial charge in [0.1, 0.15) is 5.69 Å². The van der Waals surface area contributed by atoms with Crippen LogP contribution in [0.4, 0.5) is 0 Å². The van der Waals surface area contributed by atoms with E-state index in [9.17, 15) is 4.79 Å². The Morgan fingerprint density at radius 2 is 2.26 bits per heavy atom. The smallest absolute Gasteiger partial charge is 0.354 e. The molecule has 2 aromatic rings. The predicted molar refractivity (Wildman–Crippen MR) is 73.1 cm³/mol.